The summed E-state index contributed by atoms with van der Waals surface area (Å²) in [5.41, 5.74) is 5.06. The van der Waals surface area contributed by atoms with Crippen LogP contribution in [0, 0.1) is 6.92 Å². The van der Waals surface area contributed by atoms with Crippen LogP contribution in [0.4, 0.5) is 0 Å². The number of methoxy groups -OCH3 is 1. The molecule has 28 heavy (non-hydrogen) atoms. The van der Waals surface area contributed by atoms with Crippen molar-refractivity contribution < 1.29 is 14.6 Å². The molecule has 146 valence electrons. The lowest BCUT2D eigenvalue weighted by Crippen LogP contribution is -2.43. The Balaban J connectivity index is 1.61. The Morgan fingerprint density at radius 2 is 2.11 bits per heavy atom. The SMILES string of the molecule is COc1cc(C)c2c3c1O[C@@H]1C[C@H](O)C=CC31CCN(Cc1ccccc1)C2. The molecule has 4 heteroatoms. The molecule has 3 aliphatic rings. The molecule has 0 radical (unpaired) electrons. The van der Waals surface area contributed by atoms with E-state index in [9.17, 15) is 5.11 Å². The molecule has 2 heterocycles. The van der Waals surface area contributed by atoms with Crippen molar-refractivity contribution in [3.05, 3.63) is 70.8 Å². The fraction of sp³-hybridized carbons (Fsp3) is 0.417. The molecule has 0 bridgehead atoms. The number of aliphatic hydroxyl groups is 1. The third-order valence-electron chi connectivity index (χ3n) is 6.64. The first-order valence-electron chi connectivity index (χ1n) is 10.1. The second-order valence-electron chi connectivity index (χ2n) is 8.33. The first-order valence-corrected chi connectivity index (χ1v) is 10.1. The topological polar surface area (TPSA) is 41.9 Å². The van der Waals surface area contributed by atoms with Crippen molar-refractivity contribution in [2.24, 2.45) is 0 Å². The van der Waals surface area contributed by atoms with Crippen LogP contribution in [-0.2, 0) is 18.5 Å². The molecule has 4 nitrogen and oxygen atoms in total. The molecule has 0 fully saturated rings. The van der Waals surface area contributed by atoms with Gasteiger partial charge in [-0.2, -0.15) is 0 Å². The number of hydrogen-bond donors (Lipinski definition) is 1. The molecule has 1 N–H and O–H groups in total. The Labute approximate surface area is 166 Å². The first kappa shape index (κ1) is 17.8. The van der Waals surface area contributed by atoms with Gasteiger partial charge in [-0.25, -0.2) is 0 Å². The van der Waals surface area contributed by atoms with Crippen molar-refractivity contribution in [2.45, 2.75) is 50.5 Å². The zero-order chi connectivity index (χ0) is 19.3. The van der Waals surface area contributed by atoms with E-state index in [0.29, 0.717) is 6.42 Å². The second kappa shape index (κ2) is 6.64. The highest BCUT2D eigenvalue weighted by atomic mass is 16.5. The zero-order valence-electron chi connectivity index (χ0n) is 16.5. The van der Waals surface area contributed by atoms with Gasteiger partial charge >= 0.3 is 0 Å². The van der Waals surface area contributed by atoms with E-state index in [4.69, 9.17) is 9.47 Å². The summed E-state index contributed by atoms with van der Waals surface area (Å²) < 4.78 is 12.1. The minimum Gasteiger partial charge on any atom is -0.493 e. The van der Waals surface area contributed by atoms with Crippen molar-refractivity contribution in [2.75, 3.05) is 13.7 Å². The largest absolute Gasteiger partial charge is 0.493 e. The Bertz CT molecular complexity index is 923. The average molecular weight is 377 g/mol. The minimum atomic E-state index is -0.441. The summed E-state index contributed by atoms with van der Waals surface area (Å²) in [6.07, 6.45) is 5.32. The van der Waals surface area contributed by atoms with Crippen LogP contribution >= 0.6 is 0 Å². The predicted octanol–water partition coefficient (Wildman–Crippen LogP) is 3.73. The van der Waals surface area contributed by atoms with E-state index in [-0.39, 0.29) is 11.5 Å². The maximum absolute atomic E-state index is 10.2. The van der Waals surface area contributed by atoms with Gasteiger partial charge in [0.1, 0.15) is 6.10 Å². The summed E-state index contributed by atoms with van der Waals surface area (Å²) >= 11 is 0. The van der Waals surface area contributed by atoms with Crippen LogP contribution in [0.25, 0.3) is 0 Å². The van der Waals surface area contributed by atoms with E-state index in [1.165, 1.54) is 22.3 Å². The van der Waals surface area contributed by atoms with Gasteiger partial charge in [-0.05, 0) is 36.1 Å². The lowest BCUT2D eigenvalue weighted by Gasteiger charge is -2.36. The quantitative estimate of drug-likeness (QED) is 0.828. The molecule has 0 aromatic heterocycles. The molecule has 2 aromatic rings. The van der Waals surface area contributed by atoms with Gasteiger partial charge in [-0.1, -0.05) is 42.5 Å². The highest BCUT2D eigenvalue weighted by Crippen LogP contribution is 2.56. The fourth-order valence-corrected chi connectivity index (χ4v) is 5.20. The number of benzene rings is 2. The minimum absolute atomic E-state index is 0.0337. The van der Waals surface area contributed by atoms with Crippen molar-refractivity contribution in [3.8, 4) is 11.5 Å². The highest BCUT2D eigenvalue weighted by Gasteiger charge is 2.53. The molecule has 0 amide bonds. The van der Waals surface area contributed by atoms with Crippen LogP contribution in [0.15, 0.2) is 48.6 Å². The summed E-state index contributed by atoms with van der Waals surface area (Å²) in [5, 5.41) is 10.2. The Morgan fingerprint density at radius 1 is 1.29 bits per heavy atom. The highest BCUT2D eigenvalue weighted by molar-refractivity contribution is 5.63. The van der Waals surface area contributed by atoms with Crippen LogP contribution in [0.2, 0.25) is 0 Å². The van der Waals surface area contributed by atoms with Gasteiger partial charge < -0.3 is 14.6 Å². The standard InChI is InChI=1S/C24H27NO3/c1-16-12-20(27-2)23-22-19(16)15-25(14-17-6-4-3-5-7-17)11-10-24(22)9-8-18(26)13-21(24)28-23/h3-9,12,18,21,26H,10-11,13-15H2,1-2H3/t18-,21-,24?/m1/s1. The normalized spacial score (nSPS) is 28.2. The lowest BCUT2D eigenvalue weighted by molar-refractivity contribution is 0.0806. The fourth-order valence-electron chi connectivity index (χ4n) is 5.20. The summed E-state index contributed by atoms with van der Waals surface area (Å²) in [4.78, 5) is 2.54. The summed E-state index contributed by atoms with van der Waals surface area (Å²) in [6, 6.07) is 12.8. The van der Waals surface area contributed by atoms with Gasteiger partial charge in [-0.15, -0.1) is 0 Å². The maximum atomic E-state index is 10.2. The number of ether oxygens (including phenoxy) is 2. The van der Waals surface area contributed by atoms with Crippen LogP contribution < -0.4 is 9.47 Å². The summed E-state index contributed by atoms with van der Waals surface area (Å²) in [6.45, 7) is 5.01. The molecular formula is C24H27NO3. The van der Waals surface area contributed by atoms with Gasteiger partial charge in [0, 0.05) is 31.6 Å². The molecule has 2 aliphatic heterocycles. The van der Waals surface area contributed by atoms with Gasteiger partial charge in [0.25, 0.3) is 0 Å². The molecule has 0 saturated carbocycles. The lowest BCUT2D eigenvalue weighted by atomic mass is 9.68. The van der Waals surface area contributed by atoms with E-state index < -0.39 is 6.10 Å². The van der Waals surface area contributed by atoms with E-state index in [1.807, 2.05) is 6.08 Å². The Kier molecular flexibility index (Phi) is 4.22. The average Bonchev–Trinajstić information content (AvgIpc) is 2.93. The van der Waals surface area contributed by atoms with E-state index in [1.54, 1.807) is 7.11 Å². The van der Waals surface area contributed by atoms with E-state index in [0.717, 1.165) is 37.6 Å². The van der Waals surface area contributed by atoms with Crippen LogP contribution in [0.3, 0.4) is 0 Å². The second-order valence-corrected chi connectivity index (χ2v) is 8.33. The third kappa shape index (κ3) is 2.66. The van der Waals surface area contributed by atoms with Crippen LogP contribution in [0.1, 0.15) is 35.1 Å². The number of rotatable bonds is 3. The molecule has 0 saturated heterocycles. The smallest absolute Gasteiger partial charge is 0.166 e. The molecule has 2 aromatic carbocycles. The van der Waals surface area contributed by atoms with Gasteiger partial charge in [-0.3, -0.25) is 4.90 Å². The molecule has 1 aliphatic carbocycles. The monoisotopic (exact) mass is 377 g/mol. The van der Waals surface area contributed by atoms with Crippen molar-refractivity contribution in [3.63, 3.8) is 0 Å². The summed E-state index contributed by atoms with van der Waals surface area (Å²) in [7, 11) is 1.71. The predicted molar refractivity (Wildman–Crippen MR) is 109 cm³/mol. The number of nitrogens with zero attached hydrogens (tertiary/aromatic N) is 1. The molecule has 3 atom stereocenters. The Hall–Kier alpha value is -2.30. The van der Waals surface area contributed by atoms with Crippen molar-refractivity contribution >= 4 is 0 Å². The maximum Gasteiger partial charge on any atom is 0.166 e. The first-order chi connectivity index (χ1) is 13.6. The van der Waals surface area contributed by atoms with Crippen LogP contribution in [-0.4, -0.2) is 35.9 Å². The van der Waals surface area contributed by atoms with Crippen LogP contribution in [0.5, 0.6) is 11.5 Å². The molecule has 1 unspecified atom stereocenters. The van der Waals surface area contributed by atoms with Gasteiger partial charge in [0.05, 0.1) is 18.6 Å². The molecule has 5 rings (SSSR count). The van der Waals surface area contributed by atoms with E-state index in [2.05, 4.69) is 54.3 Å². The van der Waals surface area contributed by atoms with Crippen molar-refractivity contribution in [1.29, 1.82) is 0 Å². The van der Waals surface area contributed by atoms with Crippen molar-refractivity contribution in [1.82, 2.24) is 4.90 Å². The summed E-state index contributed by atoms with van der Waals surface area (Å²) in [5.74, 6) is 1.69. The van der Waals surface area contributed by atoms with E-state index >= 15 is 0 Å². The van der Waals surface area contributed by atoms with Gasteiger partial charge in [0.15, 0.2) is 11.5 Å². The molecule has 1 spiro atoms. The number of aryl methyl sites for hydroxylation is 1. The number of hydrogen-bond acceptors (Lipinski definition) is 4. The number of aliphatic hydroxyl groups excluding tert-OH is 1. The third-order valence-corrected chi connectivity index (χ3v) is 6.64. The van der Waals surface area contributed by atoms with Gasteiger partial charge in [0.2, 0.25) is 0 Å². The molecular weight excluding hydrogens is 350 g/mol. The Morgan fingerprint density at radius 3 is 2.89 bits per heavy atom. The zero-order valence-corrected chi connectivity index (χ0v) is 16.5.